The summed E-state index contributed by atoms with van der Waals surface area (Å²) in [6.45, 7) is 4.25. The van der Waals surface area contributed by atoms with E-state index >= 15 is 0 Å². The summed E-state index contributed by atoms with van der Waals surface area (Å²) in [7, 11) is 0. The van der Waals surface area contributed by atoms with Crippen molar-refractivity contribution in [3.63, 3.8) is 0 Å². The number of hydrogen-bond donors (Lipinski definition) is 0. The molecule has 0 spiro atoms. The Morgan fingerprint density at radius 2 is 1.89 bits per heavy atom. The molecule has 0 amide bonds. The Morgan fingerprint density at radius 1 is 1.11 bits per heavy atom. The standard InChI is InChI=1S/C16H14FNO/c1-10(2)11-7-8-15-14(9-11)18-16(19-15)12-5-3-4-6-13(12)17/h3-10H,1-2H3. The van der Waals surface area contributed by atoms with E-state index in [9.17, 15) is 4.39 Å². The Balaban J connectivity index is 2.14. The quantitative estimate of drug-likeness (QED) is 0.660. The van der Waals surface area contributed by atoms with Crippen LogP contribution in [0.25, 0.3) is 22.6 Å². The van der Waals surface area contributed by atoms with Crippen LogP contribution >= 0.6 is 0 Å². The molecule has 0 bridgehead atoms. The maximum atomic E-state index is 13.7. The molecule has 1 heterocycles. The van der Waals surface area contributed by atoms with Crippen LogP contribution in [0.5, 0.6) is 0 Å². The fraction of sp³-hybridized carbons (Fsp3) is 0.188. The maximum absolute atomic E-state index is 13.7. The Bertz CT molecular complexity index is 730. The molecule has 0 N–H and O–H groups in total. The van der Waals surface area contributed by atoms with Crippen LogP contribution < -0.4 is 0 Å². The van der Waals surface area contributed by atoms with Gasteiger partial charge in [0.1, 0.15) is 11.3 Å². The van der Waals surface area contributed by atoms with Gasteiger partial charge in [0, 0.05) is 0 Å². The second-order valence-corrected chi connectivity index (χ2v) is 4.88. The van der Waals surface area contributed by atoms with Crippen LogP contribution in [-0.2, 0) is 0 Å². The van der Waals surface area contributed by atoms with E-state index in [-0.39, 0.29) is 5.82 Å². The molecule has 0 saturated heterocycles. The van der Waals surface area contributed by atoms with Gasteiger partial charge in [0.05, 0.1) is 5.56 Å². The maximum Gasteiger partial charge on any atom is 0.230 e. The topological polar surface area (TPSA) is 26.0 Å². The van der Waals surface area contributed by atoms with E-state index in [1.807, 2.05) is 18.2 Å². The predicted octanol–water partition coefficient (Wildman–Crippen LogP) is 4.76. The van der Waals surface area contributed by atoms with Crippen LogP contribution in [0.3, 0.4) is 0 Å². The Hall–Kier alpha value is -2.16. The van der Waals surface area contributed by atoms with Gasteiger partial charge in [-0.05, 0) is 35.7 Å². The average Bonchev–Trinajstić information content (AvgIpc) is 2.81. The minimum absolute atomic E-state index is 0.321. The SMILES string of the molecule is CC(C)c1ccc2oc(-c3ccccc3F)nc2c1. The van der Waals surface area contributed by atoms with Crippen molar-refractivity contribution in [3.8, 4) is 11.5 Å². The van der Waals surface area contributed by atoms with Gasteiger partial charge < -0.3 is 4.42 Å². The molecule has 3 heteroatoms. The average molecular weight is 255 g/mol. The van der Waals surface area contributed by atoms with E-state index < -0.39 is 0 Å². The fourth-order valence-corrected chi connectivity index (χ4v) is 2.05. The highest BCUT2D eigenvalue weighted by Gasteiger charge is 2.12. The zero-order chi connectivity index (χ0) is 13.4. The summed E-state index contributed by atoms with van der Waals surface area (Å²) in [6, 6.07) is 12.4. The summed E-state index contributed by atoms with van der Waals surface area (Å²) >= 11 is 0. The van der Waals surface area contributed by atoms with Gasteiger partial charge in [-0.15, -0.1) is 0 Å². The number of aromatic nitrogens is 1. The van der Waals surface area contributed by atoms with E-state index in [1.54, 1.807) is 18.2 Å². The minimum Gasteiger partial charge on any atom is -0.436 e. The first-order valence-corrected chi connectivity index (χ1v) is 6.30. The third-order valence-corrected chi connectivity index (χ3v) is 3.18. The Labute approximate surface area is 110 Å². The molecular formula is C16H14FNO. The molecule has 0 aliphatic rings. The molecule has 0 fully saturated rings. The lowest BCUT2D eigenvalue weighted by atomic mass is 10.0. The fourth-order valence-electron chi connectivity index (χ4n) is 2.05. The largest absolute Gasteiger partial charge is 0.436 e. The lowest BCUT2D eigenvalue weighted by Crippen LogP contribution is -1.86. The molecule has 2 nitrogen and oxygen atoms in total. The third kappa shape index (κ3) is 2.12. The van der Waals surface area contributed by atoms with E-state index in [1.165, 1.54) is 11.6 Å². The molecule has 0 unspecified atom stereocenters. The second kappa shape index (κ2) is 4.50. The van der Waals surface area contributed by atoms with Crippen LogP contribution in [0.1, 0.15) is 25.3 Å². The molecule has 3 rings (SSSR count). The van der Waals surface area contributed by atoms with Crippen molar-refractivity contribution < 1.29 is 8.81 Å². The Kier molecular flexibility index (Phi) is 2.82. The number of nitrogens with zero attached hydrogens (tertiary/aromatic N) is 1. The highest BCUT2D eigenvalue weighted by Crippen LogP contribution is 2.28. The van der Waals surface area contributed by atoms with Gasteiger partial charge in [-0.1, -0.05) is 32.0 Å². The molecule has 3 aromatic rings. The van der Waals surface area contributed by atoms with Crippen LogP contribution in [0.4, 0.5) is 4.39 Å². The molecule has 96 valence electrons. The lowest BCUT2D eigenvalue weighted by Gasteiger charge is -2.02. The number of halogens is 1. The summed E-state index contributed by atoms with van der Waals surface area (Å²) in [6.07, 6.45) is 0. The first-order valence-electron chi connectivity index (χ1n) is 6.30. The van der Waals surface area contributed by atoms with Gasteiger partial charge in [0.2, 0.25) is 5.89 Å². The van der Waals surface area contributed by atoms with Gasteiger partial charge in [0.25, 0.3) is 0 Å². The molecule has 0 aliphatic heterocycles. The van der Waals surface area contributed by atoms with Crippen molar-refractivity contribution in [1.82, 2.24) is 4.98 Å². The first kappa shape index (κ1) is 11.9. The summed E-state index contributed by atoms with van der Waals surface area (Å²) in [5.41, 5.74) is 3.04. The molecule has 0 radical (unpaired) electrons. The number of oxazole rings is 1. The van der Waals surface area contributed by atoms with Gasteiger partial charge in [-0.25, -0.2) is 9.37 Å². The van der Waals surface area contributed by atoms with Crippen LogP contribution in [0.2, 0.25) is 0 Å². The van der Waals surface area contributed by atoms with Crippen molar-refractivity contribution in [2.75, 3.05) is 0 Å². The van der Waals surface area contributed by atoms with Crippen LogP contribution in [-0.4, -0.2) is 4.98 Å². The van der Waals surface area contributed by atoms with Crippen molar-refractivity contribution in [3.05, 3.63) is 53.8 Å². The highest BCUT2D eigenvalue weighted by atomic mass is 19.1. The number of fused-ring (bicyclic) bond motifs is 1. The van der Waals surface area contributed by atoms with E-state index in [4.69, 9.17) is 4.42 Å². The number of rotatable bonds is 2. The van der Waals surface area contributed by atoms with Crippen molar-refractivity contribution >= 4 is 11.1 Å². The van der Waals surface area contributed by atoms with E-state index in [2.05, 4.69) is 18.8 Å². The number of hydrogen-bond acceptors (Lipinski definition) is 2. The van der Waals surface area contributed by atoms with Crippen molar-refractivity contribution in [2.45, 2.75) is 19.8 Å². The first-order chi connectivity index (χ1) is 9.15. The van der Waals surface area contributed by atoms with Gasteiger partial charge in [-0.3, -0.25) is 0 Å². The lowest BCUT2D eigenvalue weighted by molar-refractivity contribution is 0.593. The van der Waals surface area contributed by atoms with Crippen molar-refractivity contribution in [2.24, 2.45) is 0 Å². The normalized spacial score (nSPS) is 11.4. The van der Waals surface area contributed by atoms with Crippen molar-refractivity contribution in [1.29, 1.82) is 0 Å². The molecule has 2 aromatic carbocycles. The summed E-state index contributed by atoms with van der Waals surface area (Å²) in [5.74, 6) is 0.435. The molecular weight excluding hydrogens is 241 g/mol. The zero-order valence-electron chi connectivity index (χ0n) is 10.9. The third-order valence-electron chi connectivity index (χ3n) is 3.18. The van der Waals surface area contributed by atoms with Crippen LogP contribution in [0.15, 0.2) is 46.9 Å². The molecule has 0 aliphatic carbocycles. The monoisotopic (exact) mass is 255 g/mol. The smallest absolute Gasteiger partial charge is 0.230 e. The van der Waals surface area contributed by atoms with E-state index in [0.717, 1.165) is 5.52 Å². The van der Waals surface area contributed by atoms with Crippen LogP contribution in [0, 0.1) is 5.82 Å². The van der Waals surface area contributed by atoms with E-state index in [0.29, 0.717) is 23.0 Å². The summed E-state index contributed by atoms with van der Waals surface area (Å²) in [4.78, 5) is 4.38. The predicted molar refractivity (Wildman–Crippen MR) is 73.5 cm³/mol. The van der Waals surface area contributed by atoms with Gasteiger partial charge in [0.15, 0.2) is 5.58 Å². The number of benzene rings is 2. The highest BCUT2D eigenvalue weighted by molar-refractivity contribution is 5.77. The molecule has 1 aromatic heterocycles. The zero-order valence-corrected chi connectivity index (χ0v) is 10.9. The molecule has 19 heavy (non-hydrogen) atoms. The Morgan fingerprint density at radius 3 is 2.63 bits per heavy atom. The summed E-state index contributed by atoms with van der Waals surface area (Å²) < 4.78 is 19.3. The van der Waals surface area contributed by atoms with Gasteiger partial charge >= 0.3 is 0 Å². The minimum atomic E-state index is -0.321. The summed E-state index contributed by atoms with van der Waals surface area (Å²) in [5, 5.41) is 0. The van der Waals surface area contributed by atoms with Gasteiger partial charge in [-0.2, -0.15) is 0 Å². The second-order valence-electron chi connectivity index (χ2n) is 4.88. The molecule has 0 saturated carbocycles. The molecule has 0 atom stereocenters.